The molecule has 0 aromatic rings. The lowest BCUT2D eigenvalue weighted by Gasteiger charge is -2.21. The number of carbonyl (C=O) groups excluding carboxylic acids is 2. The fourth-order valence-electron chi connectivity index (χ4n) is 1.60. The number of carbonyl (C=O) groups is 2. The van der Waals surface area contributed by atoms with Crippen LogP contribution in [0, 0.1) is 0 Å². The minimum absolute atomic E-state index is 0.0161. The van der Waals surface area contributed by atoms with Gasteiger partial charge in [-0.1, -0.05) is 13.5 Å². The van der Waals surface area contributed by atoms with Crippen molar-refractivity contribution in [1.29, 1.82) is 0 Å². The summed E-state index contributed by atoms with van der Waals surface area (Å²) in [5, 5.41) is 0.365. The summed E-state index contributed by atoms with van der Waals surface area (Å²) in [7, 11) is -0.0883. The maximum atomic E-state index is 11.5. The van der Waals surface area contributed by atoms with Crippen molar-refractivity contribution >= 4 is 22.0 Å². The molecular formula is C12H19O3S+. The minimum Gasteiger partial charge on any atom is -0.459 e. The van der Waals surface area contributed by atoms with Crippen LogP contribution in [0.4, 0.5) is 0 Å². The maximum Gasteiger partial charge on any atom is 0.333 e. The normalized spacial score (nSPS) is 24.9. The molecular weight excluding hydrogens is 224 g/mol. The smallest absolute Gasteiger partial charge is 0.333 e. The van der Waals surface area contributed by atoms with Crippen LogP contribution < -0.4 is 0 Å². The summed E-state index contributed by atoms with van der Waals surface area (Å²) in [6.07, 6.45) is 2.23. The second-order valence-electron chi connectivity index (χ2n) is 4.01. The lowest BCUT2D eigenvalue weighted by molar-refractivity contribution is -0.144. The zero-order chi connectivity index (χ0) is 12.1. The Morgan fingerprint density at radius 2 is 1.94 bits per heavy atom. The van der Waals surface area contributed by atoms with Gasteiger partial charge < -0.3 is 4.74 Å². The lowest BCUT2D eigenvalue weighted by Crippen LogP contribution is -2.34. The SMILES string of the molecule is C=C(C)C(=O)OC1CC[S+](C(=O)CC)CC1. The molecule has 1 rings (SSSR count). The Morgan fingerprint density at radius 1 is 1.38 bits per heavy atom. The molecule has 1 aliphatic rings. The van der Waals surface area contributed by atoms with Crippen molar-refractivity contribution < 1.29 is 14.3 Å². The van der Waals surface area contributed by atoms with Gasteiger partial charge in [-0.15, -0.1) is 0 Å². The van der Waals surface area contributed by atoms with E-state index in [0.717, 1.165) is 24.3 Å². The van der Waals surface area contributed by atoms with Crippen LogP contribution in [0.5, 0.6) is 0 Å². The molecule has 0 amide bonds. The highest BCUT2D eigenvalue weighted by molar-refractivity contribution is 8.10. The summed E-state index contributed by atoms with van der Waals surface area (Å²) >= 11 is 0. The highest BCUT2D eigenvalue weighted by Crippen LogP contribution is 2.19. The third-order valence-corrected chi connectivity index (χ3v) is 4.99. The van der Waals surface area contributed by atoms with E-state index in [0.29, 0.717) is 17.1 Å². The summed E-state index contributed by atoms with van der Waals surface area (Å²) in [6, 6.07) is 0. The first kappa shape index (κ1) is 13.3. The Hall–Kier alpha value is -0.770. The first-order valence-electron chi connectivity index (χ1n) is 5.61. The van der Waals surface area contributed by atoms with Crippen LogP contribution in [-0.4, -0.2) is 28.7 Å². The number of hydrogen-bond acceptors (Lipinski definition) is 3. The van der Waals surface area contributed by atoms with E-state index < -0.39 is 0 Å². The van der Waals surface area contributed by atoms with Crippen LogP contribution in [0.25, 0.3) is 0 Å². The molecule has 0 aromatic heterocycles. The molecule has 1 fully saturated rings. The minimum atomic E-state index is -0.311. The van der Waals surface area contributed by atoms with Gasteiger partial charge >= 0.3 is 11.1 Å². The van der Waals surface area contributed by atoms with E-state index >= 15 is 0 Å². The Labute approximate surface area is 99.6 Å². The highest BCUT2D eigenvalue weighted by Gasteiger charge is 2.34. The molecule has 3 nitrogen and oxygen atoms in total. The second kappa shape index (κ2) is 6.09. The number of hydrogen-bond donors (Lipinski definition) is 0. The number of rotatable bonds is 3. The van der Waals surface area contributed by atoms with Gasteiger partial charge in [-0.25, -0.2) is 9.59 Å². The van der Waals surface area contributed by atoms with Gasteiger partial charge in [0.05, 0.1) is 17.3 Å². The third-order valence-electron chi connectivity index (χ3n) is 2.61. The van der Waals surface area contributed by atoms with Crippen LogP contribution in [0.3, 0.4) is 0 Å². The average Bonchev–Trinajstić information content (AvgIpc) is 2.28. The van der Waals surface area contributed by atoms with E-state index in [4.69, 9.17) is 4.74 Å². The van der Waals surface area contributed by atoms with Gasteiger partial charge in [-0.2, -0.15) is 0 Å². The van der Waals surface area contributed by atoms with Gasteiger partial charge in [-0.3, -0.25) is 0 Å². The predicted octanol–water partition coefficient (Wildman–Crippen LogP) is 1.82. The van der Waals surface area contributed by atoms with Crippen molar-refractivity contribution in [2.24, 2.45) is 0 Å². The fraction of sp³-hybridized carbons (Fsp3) is 0.667. The quantitative estimate of drug-likeness (QED) is 0.431. The number of ether oxygens (including phenoxy) is 1. The molecule has 0 saturated carbocycles. The molecule has 16 heavy (non-hydrogen) atoms. The summed E-state index contributed by atoms with van der Waals surface area (Å²) < 4.78 is 5.27. The second-order valence-corrected chi connectivity index (χ2v) is 6.27. The van der Waals surface area contributed by atoms with E-state index in [-0.39, 0.29) is 23.0 Å². The van der Waals surface area contributed by atoms with Gasteiger partial charge in [0.15, 0.2) is 0 Å². The monoisotopic (exact) mass is 243 g/mol. The van der Waals surface area contributed by atoms with E-state index in [2.05, 4.69) is 6.58 Å². The Morgan fingerprint density at radius 3 is 2.38 bits per heavy atom. The Bertz CT molecular complexity index is 291. The predicted molar refractivity (Wildman–Crippen MR) is 66.3 cm³/mol. The summed E-state index contributed by atoms with van der Waals surface area (Å²) in [4.78, 5) is 22.8. The molecule has 1 saturated heterocycles. The zero-order valence-electron chi connectivity index (χ0n) is 9.95. The van der Waals surface area contributed by atoms with Crippen LogP contribution in [-0.2, 0) is 25.2 Å². The van der Waals surface area contributed by atoms with E-state index in [1.54, 1.807) is 6.92 Å². The first-order chi connectivity index (χ1) is 7.54. The Kier molecular flexibility index (Phi) is 5.06. The Balaban J connectivity index is 2.35. The zero-order valence-corrected chi connectivity index (χ0v) is 10.8. The van der Waals surface area contributed by atoms with E-state index in [9.17, 15) is 9.59 Å². The maximum absolute atomic E-state index is 11.5. The molecule has 90 valence electrons. The fourth-order valence-corrected chi connectivity index (χ4v) is 3.76. The van der Waals surface area contributed by atoms with Crippen molar-refractivity contribution in [3.05, 3.63) is 12.2 Å². The molecule has 0 aromatic carbocycles. The van der Waals surface area contributed by atoms with E-state index in [1.165, 1.54) is 0 Å². The van der Waals surface area contributed by atoms with Crippen LogP contribution >= 0.6 is 0 Å². The molecule has 0 N–H and O–H groups in total. The van der Waals surface area contributed by atoms with Gasteiger partial charge in [0, 0.05) is 18.4 Å². The van der Waals surface area contributed by atoms with Gasteiger partial charge in [-0.05, 0) is 6.92 Å². The summed E-state index contributed by atoms with van der Waals surface area (Å²) in [5.41, 5.74) is 0.439. The number of esters is 1. The van der Waals surface area contributed by atoms with Crippen LogP contribution in [0.1, 0.15) is 33.1 Å². The van der Waals surface area contributed by atoms with Crippen molar-refractivity contribution in [1.82, 2.24) is 0 Å². The van der Waals surface area contributed by atoms with Crippen molar-refractivity contribution in [2.75, 3.05) is 11.5 Å². The molecule has 4 heteroatoms. The van der Waals surface area contributed by atoms with Crippen molar-refractivity contribution in [3.8, 4) is 0 Å². The van der Waals surface area contributed by atoms with Gasteiger partial charge in [0.25, 0.3) is 0 Å². The lowest BCUT2D eigenvalue weighted by atomic mass is 10.2. The molecule has 0 aliphatic carbocycles. The van der Waals surface area contributed by atoms with Gasteiger partial charge in [0.1, 0.15) is 17.6 Å². The summed E-state index contributed by atoms with van der Waals surface area (Å²) in [6.45, 7) is 7.10. The molecule has 0 unspecified atom stereocenters. The van der Waals surface area contributed by atoms with Crippen molar-refractivity contribution in [2.45, 2.75) is 39.2 Å². The largest absolute Gasteiger partial charge is 0.459 e. The molecule has 0 spiro atoms. The highest BCUT2D eigenvalue weighted by atomic mass is 32.2. The topological polar surface area (TPSA) is 43.4 Å². The molecule has 1 heterocycles. The molecule has 1 aliphatic heterocycles. The van der Waals surface area contributed by atoms with Crippen molar-refractivity contribution in [3.63, 3.8) is 0 Å². The average molecular weight is 243 g/mol. The molecule has 0 bridgehead atoms. The molecule has 0 radical (unpaired) electrons. The van der Waals surface area contributed by atoms with Crippen LogP contribution in [0.2, 0.25) is 0 Å². The standard InChI is InChI=1S/C12H19O3S/c1-4-11(13)16-7-5-10(6-8-16)15-12(14)9(2)3/h10H,2,4-8H2,1,3H3/q+1. The van der Waals surface area contributed by atoms with Crippen LogP contribution in [0.15, 0.2) is 12.2 Å². The third kappa shape index (κ3) is 3.67. The van der Waals surface area contributed by atoms with Gasteiger partial charge in [0.2, 0.25) is 0 Å². The molecule has 0 atom stereocenters. The first-order valence-corrected chi connectivity index (χ1v) is 7.17. The van der Waals surface area contributed by atoms with E-state index in [1.807, 2.05) is 6.92 Å². The summed E-state index contributed by atoms with van der Waals surface area (Å²) in [5.74, 6) is 1.44.